The van der Waals surface area contributed by atoms with E-state index in [2.05, 4.69) is 22.8 Å². The molecule has 1 atom stereocenters. The van der Waals surface area contributed by atoms with Crippen molar-refractivity contribution in [1.82, 2.24) is 9.80 Å². The SMILES string of the molecule is CCCC(C#N)N1CCN(C2CCCCC2)CC1. The van der Waals surface area contributed by atoms with Crippen LogP contribution in [0.1, 0.15) is 51.9 Å². The van der Waals surface area contributed by atoms with Gasteiger partial charge in [0.25, 0.3) is 0 Å². The molecule has 1 heterocycles. The van der Waals surface area contributed by atoms with Crippen LogP contribution in [0.4, 0.5) is 0 Å². The molecule has 1 unspecified atom stereocenters. The topological polar surface area (TPSA) is 30.3 Å². The molecule has 102 valence electrons. The van der Waals surface area contributed by atoms with E-state index in [0.717, 1.165) is 32.0 Å². The van der Waals surface area contributed by atoms with Crippen molar-refractivity contribution >= 4 is 0 Å². The van der Waals surface area contributed by atoms with Gasteiger partial charge in [0.1, 0.15) is 0 Å². The minimum Gasteiger partial charge on any atom is -0.298 e. The molecular weight excluding hydrogens is 222 g/mol. The molecule has 0 spiro atoms. The summed E-state index contributed by atoms with van der Waals surface area (Å²) in [6.07, 6.45) is 9.21. The van der Waals surface area contributed by atoms with Crippen molar-refractivity contribution in [2.45, 2.75) is 64.0 Å². The first-order valence-electron chi connectivity index (χ1n) is 7.73. The van der Waals surface area contributed by atoms with Crippen molar-refractivity contribution in [2.24, 2.45) is 0 Å². The summed E-state index contributed by atoms with van der Waals surface area (Å²) in [6, 6.07) is 3.47. The maximum Gasteiger partial charge on any atom is 0.0978 e. The van der Waals surface area contributed by atoms with Crippen molar-refractivity contribution in [3.05, 3.63) is 0 Å². The van der Waals surface area contributed by atoms with Gasteiger partial charge in [-0.3, -0.25) is 9.80 Å². The van der Waals surface area contributed by atoms with Crippen molar-refractivity contribution in [3.63, 3.8) is 0 Å². The van der Waals surface area contributed by atoms with Gasteiger partial charge in [-0.05, 0) is 19.3 Å². The normalized spacial score (nSPS) is 25.8. The van der Waals surface area contributed by atoms with E-state index in [4.69, 9.17) is 0 Å². The standard InChI is InChI=1S/C15H27N3/c1-2-6-15(13-16)18-11-9-17(10-12-18)14-7-4-3-5-8-14/h14-15H,2-12H2,1H3. The quantitative estimate of drug-likeness (QED) is 0.767. The summed E-state index contributed by atoms with van der Waals surface area (Å²) in [5.74, 6) is 0. The fourth-order valence-electron chi connectivity index (χ4n) is 3.46. The third kappa shape index (κ3) is 3.46. The van der Waals surface area contributed by atoms with Crippen molar-refractivity contribution in [1.29, 1.82) is 5.26 Å². The number of hydrogen-bond donors (Lipinski definition) is 0. The van der Waals surface area contributed by atoms with Gasteiger partial charge >= 0.3 is 0 Å². The zero-order valence-electron chi connectivity index (χ0n) is 11.8. The Morgan fingerprint density at radius 3 is 2.33 bits per heavy atom. The first-order valence-corrected chi connectivity index (χ1v) is 7.73. The second-order valence-electron chi connectivity index (χ2n) is 5.80. The minimum absolute atomic E-state index is 0.156. The number of piperazine rings is 1. The lowest BCUT2D eigenvalue weighted by molar-refractivity contribution is 0.0660. The van der Waals surface area contributed by atoms with Gasteiger partial charge in [0.15, 0.2) is 0 Å². The number of nitrogens with zero attached hydrogens (tertiary/aromatic N) is 3. The third-order valence-corrected chi connectivity index (χ3v) is 4.59. The van der Waals surface area contributed by atoms with Gasteiger partial charge in [0.05, 0.1) is 12.1 Å². The summed E-state index contributed by atoms with van der Waals surface area (Å²) < 4.78 is 0. The van der Waals surface area contributed by atoms with E-state index in [1.807, 2.05) is 0 Å². The molecule has 0 radical (unpaired) electrons. The van der Waals surface area contributed by atoms with Gasteiger partial charge in [-0.15, -0.1) is 0 Å². The molecule has 2 aliphatic rings. The fraction of sp³-hybridized carbons (Fsp3) is 0.933. The zero-order chi connectivity index (χ0) is 12.8. The van der Waals surface area contributed by atoms with Crippen LogP contribution in [0.15, 0.2) is 0 Å². The predicted molar refractivity (Wildman–Crippen MR) is 74.3 cm³/mol. The molecule has 1 aliphatic carbocycles. The van der Waals surface area contributed by atoms with Crippen LogP contribution in [0.2, 0.25) is 0 Å². The number of rotatable bonds is 4. The van der Waals surface area contributed by atoms with Crippen LogP contribution < -0.4 is 0 Å². The van der Waals surface area contributed by atoms with E-state index in [0.29, 0.717) is 0 Å². The highest BCUT2D eigenvalue weighted by atomic mass is 15.3. The largest absolute Gasteiger partial charge is 0.298 e. The van der Waals surface area contributed by atoms with Crippen LogP contribution >= 0.6 is 0 Å². The molecule has 1 saturated heterocycles. The Balaban J connectivity index is 1.78. The summed E-state index contributed by atoms with van der Waals surface area (Å²) >= 11 is 0. The Hall–Kier alpha value is -0.590. The maximum absolute atomic E-state index is 9.22. The van der Waals surface area contributed by atoms with Gasteiger partial charge < -0.3 is 0 Å². The lowest BCUT2D eigenvalue weighted by Gasteiger charge is -2.42. The number of hydrogen-bond acceptors (Lipinski definition) is 3. The van der Waals surface area contributed by atoms with Crippen molar-refractivity contribution in [3.8, 4) is 6.07 Å². The lowest BCUT2D eigenvalue weighted by Crippen LogP contribution is -2.53. The smallest absolute Gasteiger partial charge is 0.0978 e. The molecule has 0 aromatic carbocycles. The maximum atomic E-state index is 9.22. The minimum atomic E-state index is 0.156. The van der Waals surface area contributed by atoms with Crippen molar-refractivity contribution in [2.75, 3.05) is 26.2 Å². The van der Waals surface area contributed by atoms with Gasteiger partial charge in [-0.2, -0.15) is 5.26 Å². The summed E-state index contributed by atoms with van der Waals surface area (Å²) in [5.41, 5.74) is 0. The van der Waals surface area contributed by atoms with E-state index in [-0.39, 0.29) is 6.04 Å². The molecule has 1 aliphatic heterocycles. The average molecular weight is 249 g/mol. The third-order valence-electron chi connectivity index (χ3n) is 4.59. The van der Waals surface area contributed by atoms with E-state index in [1.165, 1.54) is 45.2 Å². The predicted octanol–water partition coefficient (Wildman–Crippen LogP) is 2.63. The Morgan fingerprint density at radius 2 is 1.78 bits per heavy atom. The summed E-state index contributed by atoms with van der Waals surface area (Å²) in [6.45, 7) is 6.70. The molecule has 2 fully saturated rings. The van der Waals surface area contributed by atoms with Gasteiger partial charge in [-0.1, -0.05) is 32.6 Å². The Kier molecular flexibility index (Phi) is 5.46. The van der Waals surface area contributed by atoms with Crippen molar-refractivity contribution < 1.29 is 0 Å². The van der Waals surface area contributed by atoms with E-state index >= 15 is 0 Å². The monoisotopic (exact) mass is 249 g/mol. The zero-order valence-corrected chi connectivity index (χ0v) is 11.8. The molecular formula is C15H27N3. The van der Waals surface area contributed by atoms with E-state index in [1.54, 1.807) is 0 Å². The second-order valence-corrected chi connectivity index (χ2v) is 5.80. The lowest BCUT2D eigenvalue weighted by atomic mass is 9.93. The Labute approximate surface area is 112 Å². The number of nitriles is 1. The molecule has 0 bridgehead atoms. The molecule has 18 heavy (non-hydrogen) atoms. The van der Waals surface area contributed by atoms with Crippen LogP contribution in [0.5, 0.6) is 0 Å². The molecule has 0 N–H and O–H groups in total. The van der Waals surface area contributed by atoms with Gasteiger partial charge in [0, 0.05) is 32.2 Å². The summed E-state index contributed by atoms with van der Waals surface area (Å²) in [5, 5.41) is 9.22. The van der Waals surface area contributed by atoms with Crippen LogP contribution in [0, 0.1) is 11.3 Å². The average Bonchev–Trinajstić information content (AvgIpc) is 2.46. The summed E-state index contributed by atoms with van der Waals surface area (Å²) in [4.78, 5) is 5.07. The van der Waals surface area contributed by atoms with Gasteiger partial charge in [-0.25, -0.2) is 0 Å². The highest BCUT2D eigenvalue weighted by molar-refractivity contribution is 4.94. The van der Waals surface area contributed by atoms with E-state index < -0.39 is 0 Å². The highest BCUT2D eigenvalue weighted by Gasteiger charge is 2.27. The second kappa shape index (κ2) is 7.11. The first-order chi connectivity index (χ1) is 8.85. The van der Waals surface area contributed by atoms with Crippen LogP contribution in [-0.2, 0) is 0 Å². The summed E-state index contributed by atoms with van der Waals surface area (Å²) in [7, 11) is 0. The fourth-order valence-corrected chi connectivity index (χ4v) is 3.46. The van der Waals surface area contributed by atoms with Crippen LogP contribution in [0.3, 0.4) is 0 Å². The molecule has 1 saturated carbocycles. The molecule has 0 amide bonds. The molecule has 3 nitrogen and oxygen atoms in total. The van der Waals surface area contributed by atoms with Gasteiger partial charge in [0.2, 0.25) is 0 Å². The van der Waals surface area contributed by atoms with Crippen LogP contribution in [-0.4, -0.2) is 48.1 Å². The molecule has 0 aromatic heterocycles. The Bertz CT molecular complexity index is 270. The van der Waals surface area contributed by atoms with Crippen LogP contribution in [0.25, 0.3) is 0 Å². The van der Waals surface area contributed by atoms with E-state index in [9.17, 15) is 5.26 Å². The Morgan fingerprint density at radius 1 is 1.11 bits per heavy atom. The molecule has 2 rings (SSSR count). The highest BCUT2D eigenvalue weighted by Crippen LogP contribution is 2.24. The first kappa shape index (κ1) is 13.8. The molecule has 3 heteroatoms. The molecule has 0 aromatic rings.